The molecule has 2 heterocycles. The fraction of sp³-hybridized carbons (Fsp3) is 0.542. The largest absolute Gasteiger partial charge is 0.467 e. The monoisotopic (exact) mass is 474 g/mol. The SMILES string of the molecule is C=C(C)C(C(=O)OC)N1C(=O)[C@@H]([C@@H](CO[SiH](C)C)C(C)(C)C)[C@@H]1c1nc2ccccc2s1. The van der Waals surface area contributed by atoms with E-state index in [1.807, 2.05) is 24.3 Å². The van der Waals surface area contributed by atoms with Crippen LogP contribution in [0.4, 0.5) is 0 Å². The van der Waals surface area contributed by atoms with Gasteiger partial charge in [-0.1, -0.05) is 39.5 Å². The molecule has 1 aromatic heterocycles. The minimum atomic E-state index is -1.26. The molecule has 4 atom stereocenters. The molecule has 3 rings (SSSR count). The molecule has 1 fully saturated rings. The van der Waals surface area contributed by atoms with Crippen molar-refractivity contribution in [3.63, 3.8) is 0 Å². The van der Waals surface area contributed by atoms with E-state index in [0.717, 1.165) is 15.2 Å². The first kappa shape index (κ1) is 24.6. The summed E-state index contributed by atoms with van der Waals surface area (Å²) in [6.45, 7) is 17.0. The average Bonchev–Trinajstić information content (AvgIpc) is 3.13. The number of amides is 1. The Morgan fingerprint density at radius 3 is 2.50 bits per heavy atom. The second-order valence-electron chi connectivity index (χ2n) is 9.86. The predicted molar refractivity (Wildman–Crippen MR) is 131 cm³/mol. The summed E-state index contributed by atoms with van der Waals surface area (Å²) in [7, 11) is 0.0746. The lowest BCUT2D eigenvalue weighted by Crippen LogP contribution is -2.65. The summed E-state index contributed by atoms with van der Waals surface area (Å²) < 4.78 is 12.2. The van der Waals surface area contributed by atoms with Crippen molar-refractivity contribution in [1.29, 1.82) is 0 Å². The number of rotatable bonds is 8. The summed E-state index contributed by atoms with van der Waals surface area (Å²) >= 11 is 1.57. The van der Waals surface area contributed by atoms with Gasteiger partial charge in [0.25, 0.3) is 0 Å². The van der Waals surface area contributed by atoms with Gasteiger partial charge < -0.3 is 14.1 Å². The molecule has 0 radical (unpaired) electrons. The first-order valence-electron chi connectivity index (χ1n) is 11.0. The fourth-order valence-electron chi connectivity index (χ4n) is 4.36. The van der Waals surface area contributed by atoms with Crippen LogP contribution < -0.4 is 0 Å². The molecule has 8 heteroatoms. The topological polar surface area (TPSA) is 68.7 Å². The normalized spacial score (nSPS) is 20.9. The number of ether oxygens (including phenoxy) is 1. The number of likely N-dealkylation sites (tertiary alicyclic amines) is 1. The molecule has 174 valence electrons. The van der Waals surface area contributed by atoms with E-state index in [9.17, 15) is 9.59 Å². The van der Waals surface area contributed by atoms with Gasteiger partial charge in [-0.2, -0.15) is 0 Å². The minimum absolute atomic E-state index is 0.0124. The second kappa shape index (κ2) is 9.45. The number of para-hydroxylation sites is 1. The highest BCUT2D eigenvalue weighted by Gasteiger charge is 2.59. The Kier molecular flexibility index (Phi) is 7.27. The van der Waals surface area contributed by atoms with Gasteiger partial charge in [-0.3, -0.25) is 4.79 Å². The molecule has 1 amide bonds. The number of β-lactam (4-membered cyclic amide) rings is 1. The molecule has 1 aromatic carbocycles. The number of carbonyl (C=O) groups excluding carboxylic acids is 2. The van der Waals surface area contributed by atoms with Gasteiger partial charge in [-0.25, -0.2) is 9.78 Å². The lowest BCUT2D eigenvalue weighted by Gasteiger charge is -2.54. The molecular weight excluding hydrogens is 440 g/mol. The van der Waals surface area contributed by atoms with Gasteiger partial charge in [0.15, 0.2) is 15.1 Å². The zero-order valence-corrected chi connectivity index (χ0v) is 22.0. The number of esters is 1. The van der Waals surface area contributed by atoms with Gasteiger partial charge in [0, 0.05) is 6.61 Å². The van der Waals surface area contributed by atoms with E-state index >= 15 is 0 Å². The van der Waals surface area contributed by atoms with Crippen molar-refractivity contribution in [1.82, 2.24) is 9.88 Å². The van der Waals surface area contributed by atoms with Crippen LogP contribution in [-0.2, 0) is 18.8 Å². The van der Waals surface area contributed by atoms with Crippen LogP contribution in [0.5, 0.6) is 0 Å². The number of fused-ring (bicyclic) bond motifs is 1. The van der Waals surface area contributed by atoms with Gasteiger partial charge >= 0.3 is 5.97 Å². The van der Waals surface area contributed by atoms with E-state index in [1.165, 1.54) is 7.11 Å². The van der Waals surface area contributed by atoms with Crippen molar-refractivity contribution in [2.24, 2.45) is 17.3 Å². The number of nitrogens with zero attached hydrogens (tertiary/aromatic N) is 2. The van der Waals surface area contributed by atoms with Gasteiger partial charge in [-0.05, 0) is 49.1 Å². The fourth-order valence-corrected chi connectivity index (χ4v) is 6.06. The van der Waals surface area contributed by atoms with Crippen LogP contribution >= 0.6 is 11.3 Å². The smallest absolute Gasteiger partial charge is 0.332 e. The third kappa shape index (κ3) is 4.67. The Labute approximate surface area is 196 Å². The number of hydrogen-bond donors (Lipinski definition) is 0. The van der Waals surface area contributed by atoms with E-state index in [2.05, 4.69) is 40.4 Å². The third-order valence-electron chi connectivity index (χ3n) is 6.07. The molecule has 1 unspecified atom stereocenters. The first-order valence-corrected chi connectivity index (χ1v) is 14.6. The van der Waals surface area contributed by atoms with Crippen LogP contribution in [0.25, 0.3) is 10.2 Å². The average molecular weight is 475 g/mol. The number of carbonyl (C=O) groups is 2. The van der Waals surface area contributed by atoms with Crippen molar-refractivity contribution in [3.05, 3.63) is 41.4 Å². The molecule has 0 aliphatic carbocycles. The van der Waals surface area contributed by atoms with Crippen molar-refractivity contribution in [2.75, 3.05) is 13.7 Å². The van der Waals surface area contributed by atoms with Crippen molar-refractivity contribution in [2.45, 2.75) is 52.9 Å². The molecule has 0 saturated carbocycles. The molecule has 0 spiro atoms. The van der Waals surface area contributed by atoms with Crippen LogP contribution in [0.2, 0.25) is 13.1 Å². The molecular formula is C24H34N2O4SSi. The van der Waals surface area contributed by atoms with Gasteiger partial charge in [0.05, 0.1) is 29.3 Å². The lowest BCUT2D eigenvalue weighted by atomic mass is 9.66. The Bertz CT molecular complexity index is 980. The van der Waals surface area contributed by atoms with Crippen LogP contribution in [-0.4, -0.2) is 50.6 Å². The van der Waals surface area contributed by atoms with Gasteiger partial charge in [-0.15, -0.1) is 11.3 Å². The molecule has 32 heavy (non-hydrogen) atoms. The third-order valence-corrected chi connectivity index (χ3v) is 8.03. The number of aromatic nitrogens is 1. The van der Waals surface area contributed by atoms with E-state index in [-0.39, 0.29) is 29.2 Å². The van der Waals surface area contributed by atoms with Crippen LogP contribution in [0, 0.1) is 17.3 Å². The van der Waals surface area contributed by atoms with Crippen LogP contribution in [0.15, 0.2) is 36.4 Å². The standard InChI is InChI=1S/C24H34N2O4SSi/c1-14(2)19(23(28)29-6)26-20(21-25-16-11-9-10-12-17(16)31-21)18(22(26)27)15(24(3,4)5)13-30-32(7)8/h9-12,15,18-20,32H,1,13H2,2-8H3/t15-,18+,19?,20-/m1/s1. The number of hydrogen-bond acceptors (Lipinski definition) is 6. The minimum Gasteiger partial charge on any atom is -0.467 e. The van der Waals surface area contributed by atoms with Crippen molar-refractivity contribution >= 4 is 42.5 Å². The van der Waals surface area contributed by atoms with E-state index < -0.39 is 21.1 Å². The maximum absolute atomic E-state index is 13.7. The summed E-state index contributed by atoms with van der Waals surface area (Å²) in [6, 6.07) is 6.78. The lowest BCUT2D eigenvalue weighted by molar-refractivity contribution is -0.177. The van der Waals surface area contributed by atoms with Gasteiger partial charge in [0.2, 0.25) is 5.91 Å². The highest BCUT2D eigenvalue weighted by molar-refractivity contribution is 7.18. The second-order valence-corrected chi connectivity index (χ2v) is 13.4. The highest BCUT2D eigenvalue weighted by Crippen LogP contribution is 2.52. The molecule has 2 aromatic rings. The summed E-state index contributed by atoms with van der Waals surface area (Å²) in [5.74, 6) is -0.883. The molecule has 0 N–H and O–H groups in total. The van der Waals surface area contributed by atoms with E-state index in [0.29, 0.717) is 12.2 Å². The van der Waals surface area contributed by atoms with Crippen LogP contribution in [0.1, 0.15) is 38.7 Å². The number of benzene rings is 1. The Hall–Kier alpha value is -2.03. The molecule has 1 aliphatic heterocycles. The van der Waals surface area contributed by atoms with Crippen molar-refractivity contribution < 1.29 is 18.8 Å². The maximum atomic E-state index is 13.7. The van der Waals surface area contributed by atoms with Crippen molar-refractivity contribution in [3.8, 4) is 0 Å². The Morgan fingerprint density at radius 1 is 1.31 bits per heavy atom. The predicted octanol–water partition coefficient (Wildman–Crippen LogP) is 4.58. The molecule has 1 aliphatic rings. The Balaban J connectivity index is 2.10. The summed E-state index contributed by atoms with van der Waals surface area (Å²) in [5.41, 5.74) is 1.32. The molecule has 0 bridgehead atoms. The maximum Gasteiger partial charge on any atom is 0.332 e. The Morgan fingerprint density at radius 2 is 1.97 bits per heavy atom. The highest BCUT2D eigenvalue weighted by atomic mass is 32.1. The van der Waals surface area contributed by atoms with E-state index in [4.69, 9.17) is 14.1 Å². The van der Waals surface area contributed by atoms with Gasteiger partial charge in [0.1, 0.15) is 5.01 Å². The first-order chi connectivity index (χ1) is 15.0. The number of methoxy groups -OCH3 is 1. The number of thiazole rings is 1. The summed E-state index contributed by atoms with van der Waals surface area (Å²) in [4.78, 5) is 32.8. The van der Waals surface area contributed by atoms with E-state index in [1.54, 1.807) is 23.2 Å². The zero-order valence-electron chi connectivity index (χ0n) is 20.0. The van der Waals surface area contributed by atoms with Crippen LogP contribution in [0.3, 0.4) is 0 Å². The molecule has 6 nitrogen and oxygen atoms in total. The quantitative estimate of drug-likeness (QED) is 0.242. The zero-order chi connectivity index (χ0) is 23.8. The molecule has 1 saturated heterocycles. The summed E-state index contributed by atoms with van der Waals surface area (Å²) in [6.07, 6.45) is 0. The summed E-state index contributed by atoms with van der Waals surface area (Å²) in [5, 5.41) is 0.835.